The molecule has 0 radical (unpaired) electrons. The van der Waals surface area contributed by atoms with Gasteiger partial charge in [-0.15, -0.1) is 0 Å². The van der Waals surface area contributed by atoms with Gasteiger partial charge in [-0.05, 0) is 37.5 Å². The summed E-state index contributed by atoms with van der Waals surface area (Å²) >= 11 is 0. The fraction of sp³-hybridized carbons (Fsp3) is 0.455. The average molecular weight is 196 g/mol. The summed E-state index contributed by atoms with van der Waals surface area (Å²) in [6, 6.07) is 3.41. The Morgan fingerprint density at radius 1 is 1.43 bits per heavy atom. The number of aromatic hydroxyl groups is 1. The molecule has 1 rings (SSSR count). The van der Waals surface area contributed by atoms with Crippen molar-refractivity contribution in [2.24, 2.45) is 0 Å². The number of aliphatic hydroxyl groups excluding tert-OH is 1. The molecule has 78 valence electrons. The van der Waals surface area contributed by atoms with Gasteiger partial charge in [-0.2, -0.15) is 0 Å². The molecule has 0 saturated carbocycles. The second-order valence-electron chi connectivity index (χ2n) is 3.48. The van der Waals surface area contributed by atoms with Crippen molar-refractivity contribution in [1.82, 2.24) is 0 Å². The van der Waals surface area contributed by atoms with Crippen molar-refractivity contribution < 1.29 is 14.9 Å². The number of rotatable bonds is 3. The number of methoxy groups -OCH3 is 1. The van der Waals surface area contributed by atoms with Crippen molar-refractivity contribution in [2.75, 3.05) is 7.11 Å². The molecule has 0 bridgehead atoms. The van der Waals surface area contributed by atoms with E-state index >= 15 is 0 Å². The molecule has 0 fully saturated rings. The normalized spacial score (nSPS) is 12.6. The van der Waals surface area contributed by atoms with Crippen LogP contribution in [0.4, 0.5) is 0 Å². The average Bonchev–Trinajstić information content (AvgIpc) is 2.11. The van der Waals surface area contributed by atoms with E-state index in [1.807, 2.05) is 13.0 Å². The minimum Gasteiger partial charge on any atom is -0.508 e. The molecular weight excluding hydrogens is 180 g/mol. The topological polar surface area (TPSA) is 49.7 Å². The van der Waals surface area contributed by atoms with E-state index in [4.69, 9.17) is 4.74 Å². The first-order valence-electron chi connectivity index (χ1n) is 4.59. The fourth-order valence-corrected chi connectivity index (χ4v) is 1.38. The maximum Gasteiger partial charge on any atom is 0.122 e. The van der Waals surface area contributed by atoms with Gasteiger partial charge in [0.25, 0.3) is 0 Å². The second-order valence-corrected chi connectivity index (χ2v) is 3.48. The highest BCUT2D eigenvalue weighted by Crippen LogP contribution is 2.27. The number of ether oxygens (including phenoxy) is 1. The highest BCUT2D eigenvalue weighted by molar-refractivity contribution is 5.45. The third-order valence-corrected chi connectivity index (χ3v) is 2.21. The Labute approximate surface area is 84.0 Å². The van der Waals surface area contributed by atoms with Gasteiger partial charge in [0.15, 0.2) is 0 Å². The highest BCUT2D eigenvalue weighted by atomic mass is 16.5. The molecule has 3 heteroatoms. The van der Waals surface area contributed by atoms with Crippen LogP contribution in [-0.4, -0.2) is 23.4 Å². The molecule has 0 heterocycles. The number of hydrogen-bond donors (Lipinski definition) is 2. The van der Waals surface area contributed by atoms with Gasteiger partial charge in [-0.1, -0.05) is 0 Å². The summed E-state index contributed by atoms with van der Waals surface area (Å²) in [4.78, 5) is 0. The quantitative estimate of drug-likeness (QED) is 0.772. The van der Waals surface area contributed by atoms with Gasteiger partial charge in [0, 0.05) is 6.07 Å². The summed E-state index contributed by atoms with van der Waals surface area (Å²) in [6.45, 7) is 3.54. The van der Waals surface area contributed by atoms with Gasteiger partial charge in [0.1, 0.15) is 11.5 Å². The molecule has 0 aliphatic heterocycles. The maximum atomic E-state index is 9.56. The van der Waals surface area contributed by atoms with Crippen LogP contribution >= 0.6 is 0 Å². The zero-order chi connectivity index (χ0) is 10.7. The zero-order valence-electron chi connectivity index (χ0n) is 8.74. The third kappa shape index (κ3) is 2.39. The Morgan fingerprint density at radius 3 is 2.57 bits per heavy atom. The standard InChI is InChI=1S/C11H16O3/c1-7(12)4-9-5-10(14-3)6-11(13)8(9)2/h5-7,12-13H,4H2,1-3H3. The predicted molar refractivity (Wildman–Crippen MR) is 54.8 cm³/mol. The number of benzene rings is 1. The van der Waals surface area contributed by atoms with E-state index in [1.54, 1.807) is 20.1 Å². The van der Waals surface area contributed by atoms with E-state index in [0.717, 1.165) is 11.1 Å². The Kier molecular flexibility index (Phi) is 3.36. The van der Waals surface area contributed by atoms with Crippen LogP contribution in [0, 0.1) is 6.92 Å². The summed E-state index contributed by atoms with van der Waals surface area (Å²) in [7, 11) is 1.55. The van der Waals surface area contributed by atoms with Crippen LogP contribution in [-0.2, 0) is 6.42 Å². The Bertz CT molecular complexity index is 319. The molecule has 1 unspecified atom stereocenters. The molecule has 1 atom stereocenters. The smallest absolute Gasteiger partial charge is 0.122 e. The minimum atomic E-state index is -0.416. The number of hydrogen-bond acceptors (Lipinski definition) is 3. The molecule has 1 aromatic carbocycles. The lowest BCUT2D eigenvalue weighted by molar-refractivity contribution is 0.195. The van der Waals surface area contributed by atoms with E-state index in [-0.39, 0.29) is 5.75 Å². The molecular formula is C11H16O3. The van der Waals surface area contributed by atoms with Crippen LogP contribution in [0.25, 0.3) is 0 Å². The fourth-order valence-electron chi connectivity index (χ4n) is 1.38. The lowest BCUT2D eigenvalue weighted by Gasteiger charge is -2.11. The molecule has 0 spiro atoms. The van der Waals surface area contributed by atoms with Crippen molar-refractivity contribution >= 4 is 0 Å². The van der Waals surface area contributed by atoms with Gasteiger partial charge in [-0.25, -0.2) is 0 Å². The SMILES string of the molecule is COc1cc(O)c(C)c(CC(C)O)c1. The first-order valence-corrected chi connectivity index (χ1v) is 4.59. The van der Waals surface area contributed by atoms with E-state index < -0.39 is 6.10 Å². The number of aliphatic hydroxyl groups is 1. The molecule has 0 amide bonds. The highest BCUT2D eigenvalue weighted by Gasteiger charge is 2.08. The van der Waals surface area contributed by atoms with Crippen molar-refractivity contribution in [2.45, 2.75) is 26.4 Å². The van der Waals surface area contributed by atoms with Crippen LogP contribution in [0.3, 0.4) is 0 Å². The Balaban J connectivity index is 3.07. The molecule has 3 nitrogen and oxygen atoms in total. The van der Waals surface area contributed by atoms with Crippen LogP contribution in [0.5, 0.6) is 11.5 Å². The zero-order valence-corrected chi connectivity index (χ0v) is 8.74. The summed E-state index contributed by atoms with van der Waals surface area (Å²) in [5.74, 6) is 0.823. The maximum absolute atomic E-state index is 9.56. The molecule has 0 aliphatic rings. The van der Waals surface area contributed by atoms with E-state index in [0.29, 0.717) is 12.2 Å². The van der Waals surface area contributed by atoms with Crippen LogP contribution in [0.15, 0.2) is 12.1 Å². The van der Waals surface area contributed by atoms with Gasteiger partial charge < -0.3 is 14.9 Å². The predicted octanol–water partition coefficient (Wildman–Crippen LogP) is 1.63. The van der Waals surface area contributed by atoms with E-state index in [2.05, 4.69) is 0 Å². The minimum absolute atomic E-state index is 0.208. The van der Waals surface area contributed by atoms with Gasteiger partial charge in [-0.3, -0.25) is 0 Å². The lowest BCUT2D eigenvalue weighted by Crippen LogP contribution is -2.06. The molecule has 14 heavy (non-hydrogen) atoms. The van der Waals surface area contributed by atoms with E-state index in [1.165, 1.54) is 0 Å². The van der Waals surface area contributed by atoms with Crippen molar-refractivity contribution in [3.8, 4) is 11.5 Å². The number of phenols is 1. The van der Waals surface area contributed by atoms with Crippen molar-refractivity contribution in [3.63, 3.8) is 0 Å². The van der Waals surface area contributed by atoms with Crippen molar-refractivity contribution in [3.05, 3.63) is 23.3 Å². The monoisotopic (exact) mass is 196 g/mol. The van der Waals surface area contributed by atoms with Crippen LogP contribution in [0.2, 0.25) is 0 Å². The summed E-state index contributed by atoms with van der Waals surface area (Å²) in [5, 5.41) is 18.8. The Morgan fingerprint density at radius 2 is 2.07 bits per heavy atom. The summed E-state index contributed by atoms with van der Waals surface area (Å²) in [5.41, 5.74) is 1.71. The first kappa shape index (κ1) is 10.9. The molecule has 0 saturated heterocycles. The molecule has 0 aromatic heterocycles. The number of phenolic OH excluding ortho intramolecular Hbond substituents is 1. The molecule has 1 aromatic rings. The van der Waals surface area contributed by atoms with Crippen LogP contribution in [0.1, 0.15) is 18.1 Å². The third-order valence-electron chi connectivity index (χ3n) is 2.21. The van der Waals surface area contributed by atoms with Crippen molar-refractivity contribution in [1.29, 1.82) is 0 Å². The summed E-state index contributed by atoms with van der Waals surface area (Å²) < 4.78 is 5.03. The van der Waals surface area contributed by atoms with Gasteiger partial charge in [0.05, 0.1) is 13.2 Å². The first-order chi connectivity index (χ1) is 6.54. The van der Waals surface area contributed by atoms with E-state index in [9.17, 15) is 10.2 Å². The van der Waals surface area contributed by atoms with Crippen LogP contribution < -0.4 is 4.74 Å². The molecule has 2 N–H and O–H groups in total. The Hall–Kier alpha value is -1.22. The lowest BCUT2D eigenvalue weighted by atomic mass is 10.0. The summed E-state index contributed by atoms with van der Waals surface area (Å²) in [6.07, 6.45) is 0.108. The van der Waals surface area contributed by atoms with Gasteiger partial charge in [0.2, 0.25) is 0 Å². The molecule has 0 aliphatic carbocycles. The largest absolute Gasteiger partial charge is 0.508 e. The van der Waals surface area contributed by atoms with Gasteiger partial charge >= 0.3 is 0 Å². The second kappa shape index (κ2) is 4.33.